The molecule has 18 heavy (non-hydrogen) atoms. The van der Waals surface area contributed by atoms with Gasteiger partial charge in [0.2, 0.25) is 0 Å². The van der Waals surface area contributed by atoms with E-state index in [1.54, 1.807) is 0 Å². The SMILES string of the molecule is O=C1NC(=S)S/C1=C\c1cc([N+](=O)[O-])ccc1O. The van der Waals surface area contributed by atoms with Crippen LogP contribution in [-0.2, 0) is 4.79 Å². The zero-order chi connectivity index (χ0) is 13.3. The number of nitro benzene ring substituents is 1. The number of rotatable bonds is 2. The number of amides is 1. The quantitative estimate of drug-likeness (QED) is 0.372. The van der Waals surface area contributed by atoms with Crippen molar-refractivity contribution in [2.24, 2.45) is 0 Å². The molecule has 1 amide bonds. The van der Waals surface area contributed by atoms with Gasteiger partial charge in [0.15, 0.2) is 0 Å². The van der Waals surface area contributed by atoms with Crippen LogP contribution in [0.3, 0.4) is 0 Å². The number of non-ortho nitro benzene ring substituents is 1. The Labute approximate surface area is 111 Å². The number of carbonyl (C=O) groups excluding carboxylic acids is 1. The fourth-order valence-corrected chi connectivity index (χ4v) is 2.37. The van der Waals surface area contributed by atoms with Gasteiger partial charge in [-0.1, -0.05) is 24.0 Å². The number of phenols is 1. The first-order valence-electron chi connectivity index (χ1n) is 4.69. The fourth-order valence-electron chi connectivity index (χ4n) is 1.33. The molecular formula is C10H6N2O4S2. The summed E-state index contributed by atoms with van der Waals surface area (Å²) in [5.41, 5.74) is 0.0391. The Morgan fingerprint density at radius 3 is 2.78 bits per heavy atom. The van der Waals surface area contributed by atoms with E-state index in [1.807, 2.05) is 0 Å². The van der Waals surface area contributed by atoms with Crippen molar-refractivity contribution in [2.75, 3.05) is 0 Å². The maximum atomic E-state index is 11.4. The zero-order valence-corrected chi connectivity index (χ0v) is 10.4. The monoisotopic (exact) mass is 282 g/mol. The van der Waals surface area contributed by atoms with Crippen LogP contribution in [0.25, 0.3) is 6.08 Å². The lowest BCUT2D eigenvalue weighted by Gasteiger charge is -1.99. The number of nitrogens with one attached hydrogen (secondary N) is 1. The van der Waals surface area contributed by atoms with Gasteiger partial charge in [-0.15, -0.1) is 0 Å². The van der Waals surface area contributed by atoms with E-state index in [-0.39, 0.29) is 27.8 Å². The van der Waals surface area contributed by atoms with Crippen LogP contribution in [0, 0.1) is 10.1 Å². The second-order valence-electron chi connectivity index (χ2n) is 3.35. The van der Waals surface area contributed by atoms with Crippen molar-refractivity contribution in [1.82, 2.24) is 5.32 Å². The van der Waals surface area contributed by atoms with E-state index in [4.69, 9.17) is 12.2 Å². The van der Waals surface area contributed by atoms with Crippen molar-refractivity contribution >= 4 is 46.0 Å². The lowest BCUT2D eigenvalue weighted by atomic mass is 10.1. The second-order valence-corrected chi connectivity index (χ2v) is 5.07. The van der Waals surface area contributed by atoms with Gasteiger partial charge in [-0.2, -0.15) is 0 Å². The predicted octanol–water partition coefficient (Wildman–Crippen LogP) is 1.79. The number of benzene rings is 1. The molecule has 1 aromatic rings. The van der Waals surface area contributed by atoms with Crippen LogP contribution < -0.4 is 5.32 Å². The molecule has 0 aromatic heterocycles. The molecule has 1 saturated heterocycles. The molecule has 0 spiro atoms. The van der Waals surface area contributed by atoms with Gasteiger partial charge < -0.3 is 10.4 Å². The third-order valence-electron chi connectivity index (χ3n) is 2.15. The zero-order valence-electron chi connectivity index (χ0n) is 8.75. The maximum absolute atomic E-state index is 11.4. The normalized spacial score (nSPS) is 17.0. The summed E-state index contributed by atoms with van der Waals surface area (Å²) in [4.78, 5) is 21.7. The molecule has 1 aliphatic rings. The van der Waals surface area contributed by atoms with Crippen molar-refractivity contribution in [3.63, 3.8) is 0 Å². The smallest absolute Gasteiger partial charge is 0.270 e. The van der Waals surface area contributed by atoms with Gasteiger partial charge in [0, 0.05) is 17.7 Å². The summed E-state index contributed by atoms with van der Waals surface area (Å²) in [5, 5.41) is 22.6. The molecule has 2 rings (SSSR count). The minimum absolute atomic E-state index is 0.140. The molecule has 0 atom stereocenters. The van der Waals surface area contributed by atoms with Gasteiger partial charge in [-0.3, -0.25) is 14.9 Å². The van der Waals surface area contributed by atoms with E-state index in [0.717, 1.165) is 11.8 Å². The maximum Gasteiger partial charge on any atom is 0.270 e. The Hall–Kier alpha value is -1.93. The Kier molecular flexibility index (Phi) is 3.30. The van der Waals surface area contributed by atoms with Crippen molar-refractivity contribution in [2.45, 2.75) is 0 Å². The van der Waals surface area contributed by atoms with Crippen molar-refractivity contribution in [1.29, 1.82) is 0 Å². The number of carbonyl (C=O) groups is 1. The number of thioether (sulfide) groups is 1. The first kappa shape index (κ1) is 12.5. The topological polar surface area (TPSA) is 92.5 Å². The summed E-state index contributed by atoms with van der Waals surface area (Å²) in [6.45, 7) is 0. The lowest BCUT2D eigenvalue weighted by molar-refractivity contribution is -0.384. The highest BCUT2D eigenvalue weighted by Gasteiger charge is 2.22. The molecule has 0 unspecified atom stereocenters. The average Bonchev–Trinajstić information content (AvgIpc) is 2.60. The third-order valence-corrected chi connectivity index (χ3v) is 3.31. The standard InChI is InChI=1S/C10H6N2O4S2/c13-7-2-1-6(12(15)16)3-5(7)4-8-9(14)11-10(17)18-8/h1-4,13H,(H,11,14,17)/b8-4-. The van der Waals surface area contributed by atoms with E-state index in [0.29, 0.717) is 4.32 Å². The Morgan fingerprint density at radius 2 is 2.22 bits per heavy atom. The number of phenolic OH excluding ortho intramolecular Hbond substituents is 1. The summed E-state index contributed by atoms with van der Waals surface area (Å²) in [6, 6.07) is 3.59. The molecule has 6 nitrogen and oxygen atoms in total. The molecule has 1 aromatic carbocycles. The van der Waals surface area contributed by atoms with E-state index in [9.17, 15) is 20.0 Å². The summed E-state index contributed by atoms with van der Waals surface area (Å²) >= 11 is 5.85. The first-order chi connectivity index (χ1) is 8.47. The Bertz CT molecular complexity index is 598. The van der Waals surface area contributed by atoms with Crippen molar-refractivity contribution in [3.8, 4) is 5.75 Å². The van der Waals surface area contributed by atoms with Crippen molar-refractivity contribution in [3.05, 3.63) is 38.8 Å². The van der Waals surface area contributed by atoms with Crippen LogP contribution >= 0.6 is 24.0 Å². The number of nitrogens with zero attached hydrogens (tertiary/aromatic N) is 1. The first-order valence-corrected chi connectivity index (χ1v) is 5.92. The van der Waals surface area contributed by atoms with E-state index in [1.165, 1.54) is 24.3 Å². The van der Waals surface area contributed by atoms with Gasteiger partial charge >= 0.3 is 0 Å². The molecular weight excluding hydrogens is 276 g/mol. The largest absolute Gasteiger partial charge is 0.507 e. The average molecular weight is 282 g/mol. The van der Waals surface area contributed by atoms with Gasteiger partial charge in [0.1, 0.15) is 10.1 Å². The minimum atomic E-state index is -0.575. The summed E-state index contributed by atoms with van der Waals surface area (Å²) < 4.78 is 0.316. The van der Waals surface area contributed by atoms with Crippen LogP contribution in [-0.4, -0.2) is 20.3 Å². The van der Waals surface area contributed by atoms with Crippen LogP contribution in [0.1, 0.15) is 5.56 Å². The highest BCUT2D eigenvalue weighted by atomic mass is 32.2. The third kappa shape index (κ3) is 2.49. The predicted molar refractivity (Wildman–Crippen MR) is 71.1 cm³/mol. The molecule has 8 heteroatoms. The van der Waals surface area contributed by atoms with E-state index < -0.39 is 4.92 Å². The van der Waals surface area contributed by atoms with Crippen LogP contribution in [0.15, 0.2) is 23.1 Å². The molecule has 1 fully saturated rings. The molecule has 2 N–H and O–H groups in total. The lowest BCUT2D eigenvalue weighted by Crippen LogP contribution is -2.17. The van der Waals surface area contributed by atoms with Gasteiger partial charge in [0.25, 0.3) is 11.6 Å². The van der Waals surface area contributed by atoms with Gasteiger partial charge in [0.05, 0.1) is 9.83 Å². The van der Waals surface area contributed by atoms with Crippen molar-refractivity contribution < 1.29 is 14.8 Å². The van der Waals surface area contributed by atoms with Gasteiger partial charge in [-0.25, -0.2) is 0 Å². The number of hydrogen-bond acceptors (Lipinski definition) is 6. The van der Waals surface area contributed by atoms with Gasteiger partial charge in [-0.05, 0) is 12.1 Å². The van der Waals surface area contributed by atoms with Crippen LogP contribution in [0.5, 0.6) is 5.75 Å². The number of nitro groups is 1. The minimum Gasteiger partial charge on any atom is -0.507 e. The summed E-state index contributed by atoms with van der Waals surface area (Å²) in [6.07, 6.45) is 1.36. The molecule has 0 saturated carbocycles. The molecule has 1 heterocycles. The molecule has 1 aliphatic heterocycles. The van der Waals surface area contributed by atoms with Crippen LogP contribution in [0.4, 0.5) is 5.69 Å². The Balaban J connectivity index is 2.42. The molecule has 0 bridgehead atoms. The number of aromatic hydroxyl groups is 1. The van der Waals surface area contributed by atoms with E-state index in [2.05, 4.69) is 5.32 Å². The number of hydrogen-bond donors (Lipinski definition) is 2. The fraction of sp³-hybridized carbons (Fsp3) is 0. The highest BCUT2D eigenvalue weighted by molar-refractivity contribution is 8.26. The molecule has 92 valence electrons. The summed E-state index contributed by atoms with van der Waals surface area (Å²) in [7, 11) is 0. The number of thiocarbonyl (C=S) groups is 1. The van der Waals surface area contributed by atoms with Crippen LogP contribution in [0.2, 0.25) is 0 Å². The Morgan fingerprint density at radius 1 is 1.50 bits per heavy atom. The second kappa shape index (κ2) is 4.75. The summed E-state index contributed by atoms with van der Waals surface area (Å²) in [5.74, 6) is -0.518. The highest BCUT2D eigenvalue weighted by Crippen LogP contribution is 2.30. The molecule has 0 radical (unpaired) electrons. The molecule has 0 aliphatic carbocycles. The van der Waals surface area contributed by atoms with E-state index >= 15 is 0 Å².